The molecule has 0 amide bonds. The maximum Gasteiger partial charge on any atom is 0.0662 e. The average molecular weight is 249 g/mol. The zero-order valence-electron chi connectivity index (χ0n) is 11.2. The summed E-state index contributed by atoms with van der Waals surface area (Å²) >= 11 is 0. The first-order valence-electron chi connectivity index (χ1n) is 6.57. The number of nitrogens with two attached hydrogens (primary N) is 1. The predicted molar refractivity (Wildman–Crippen MR) is 72.4 cm³/mol. The minimum absolute atomic E-state index is 0.105. The topological polar surface area (TPSA) is 55.5 Å². The first-order chi connectivity index (χ1) is 8.63. The molecule has 18 heavy (non-hydrogen) atoms. The van der Waals surface area contributed by atoms with E-state index in [1.165, 1.54) is 11.1 Å². The second-order valence-corrected chi connectivity index (χ2v) is 5.57. The molecular formula is C15H23NO2. The molecule has 0 saturated heterocycles. The zero-order valence-corrected chi connectivity index (χ0v) is 11.2. The molecule has 1 aromatic carbocycles. The predicted octanol–water partition coefficient (Wildman–Crippen LogP) is 1.37. The van der Waals surface area contributed by atoms with Gasteiger partial charge in [-0.2, -0.15) is 0 Å². The summed E-state index contributed by atoms with van der Waals surface area (Å²) in [6, 6.07) is 8.38. The van der Waals surface area contributed by atoms with E-state index in [0.717, 1.165) is 12.8 Å². The smallest absolute Gasteiger partial charge is 0.0662 e. The Morgan fingerprint density at radius 2 is 1.89 bits per heavy atom. The number of hydrogen-bond acceptors (Lipinski definition) is 3. The van der Waals surface area contributed by atoms with Gasteiger partial charge in [0.2, 0.25) is 0 Å². The van der Waals surface area contributed by atoms with Gasteiger partial charge in [-0.3, -0.25) is 0 Å². The molecule has 0 aliphatic heterocycles. The normalized spacial score (nSPS) is 20.4. The number of rotatable bonds is 5. The Labute approximate surface area is 109 Å². The number of hydrogen-bond donors (Lipinski definition) is 2. The van der Waals surface area contributed by atoms with Crippen molar-refractivity contribution in [3.63, 3.8) is 0 Å². The summed E-state index contributed by atoms with van der Waals surface area (Å²) in [5.41, 5.74) is 8.41. The number of ether oxygens (including phenoxy) is 1. The molecule has 100 valence electrons. The zero-order chi connectivity index (χ0) is 13.2. The lowest BCUT2D eigenvalue weighted by Crippen LogP contribution is -2.47. The van der Waals surface area contributed by atoms with E-state index < -0.39 is 6.10 Å². The van der Waals surface area contributed by atoms with Crippen molar-refractivity contribution in [2.75, 3.05) is 20.3 Å². The Bertz CT molecular complexity index is 380. The fourth-order valence-electron chi connectivity index (χ4n) is 3.16. The van der Waals surface area contributed by atoms with Crippen molar-refractivity contribution in [1.29, 1.82) is 0 Å². The average Bonchev–Trinajstić information content (AvgIpc) is 2.77. The van der Waals surface area contributed by atoms with E-state index >= 15 is 0 Å². The third kappa shape index (κ3) is 2.30. The fraction of sp³-hybridized carbons (Fsp3) is 0.600. The molecule has 3 heteroatoms. The van der Waals surface area contributed by atoms with Crippen molar-refractivity contribution >= 4 is 0 Å². The van der Waals surface area contributed by atoms with E-state index in [0.29, 0.717) is 13.2 Å². The minimum atomic E-state index is -0.421. The second-order valence-electron chi connectivity index (χ2n) is 5.57. The first-order valence-corrected chi connectivity index (χ1v) is 6.57. The minimum Gasteiger partial charge on any atom is -0.392 e. The SMILES string of the molecule is COCC(C)C(O)C1(CN)Cc2ccccc2C1. The second kappa shape index (κ2) is 5.39. The van der Waals surface area contributed by atoms with E-state index in [1.54, 1.807) is 7.11 Å². The van der Waals surface area contributed by atoms with Crippen LogP contribution >= 0.6 is 0 Å². The van der Waals surface area contributed by atoms with Gasteiger partial charge in [0.15, 0.2) is 0 Å². The van der Waals surface area contributed by atoms with Crippen LogP contribution < -0.4 is 5.73 Å². The number of benzene rings is 1. The van der Waals surface area contributed by atoms with E-state index in [2.05, 4.69) is 24.3 Å². The van der Waals surface area contributed by atoms with E-state index in [-0.39, 0.29) is 11.3 Å². The van der Waals surface area contributed by atoms with Crippen molar-refractivity contribution in [2.24, 2.45) is 17.1 Å². The largest absolute Gasteiger partial charge is 0.392 e. The van der Waals surface area contributed by atoms with Gasteiger partial charge in [0, 0.05) is 25.0 Å². The summed E-state index contributed by atoms with van der Waals surface area (Å²) in [5.74, 6) is 0.105. The molecule has 0 fully saturated rings. The Morgan fingerprint density at radius 1 is 1.33 bits per heavy atom. The van der Waals surface area contributed by atoms with Gasteiger partial charge < -0.3 is 15.6 Å². The van der Waals surface area contributed by atoms with Crippen LogP contribution in [0.25, 0.3) is 0 Å². The molecular weight excluding hydrogens is 226 g/mol. The van der Waals surface area contributed by atoms with Crippen LogP contribution in [0.15, 0.2) is 24.3 Å². The molecule has 0 heterocycles. The van der Waals surface area contributed by atoms with Crippen LogP contribution in [0, 0.1) is 11.3 Å². The molecule has 2 unspecified atom stereocenters. The summed E-state index contributed by atoms with van der Waals surface area (Å²) < 4.78 is 5.15. The van der Waals surface area contributed by atoms with Crippen molar-refractivity contribution in [3.05, 3.63) is 35.4 Å². The Hall–Kier alpha value is -0.900. The van der Waals surface area contributed by atoms with E-state index in [1.807, 2.05) is 6.92 Å². The molecule has 0 spiro atoms. The van der Waals surface area contributed by atoms with Crippen LogP contribution in [-0.2, 0) is 17.6 Å². The Kier molecular flexibility index (Phi) is 4.05. The molecule has 3 N–H and O–H groups in total. The molecule has 1 aliphatic rings. The van der Waals surface area contributed by atoms with Crippen molar-refractivity contribution < 1.29 is 9.84 Å². The molecule has 2 rings (SSSR count). The molecule has 2 atom stereocenters. The summed E-state index contributed by atoms with van der Waals surface area (Å²) in [6.45, 7) is 3.10. The Balaban J connectivity index is 2.20. The lowest BCUT2D eigenvalue weighted by atomic mass is 9.74. The number of methoxy groups -OCH3 is 1. The number of aliphatic hydroxyl groups excluding tert-OH is 1. The van der Waals surface area contributed by atoms with Gasteiger partial charge in [0.05, 0.1) is 12.7 Å². The lowest BCUT2D eigenvalue weighted by Gasteiger charge is -2.36. The summed E-state index contributed by atoms with van der Waals surface area (Å²) in [5, 5.41) is 10.6. The van der Waals surface area contributed by atoms with E-state index in [4.69, 9.17) is 10.5 Å². The van der Waals surface area contributed by atoms with Crippen LogP contribution in [0.2, 0.25) is 0 Å². The van der Waals surface area contributed by atoms with Crippen LogP contribution in [0.1, 0.15) is 18.1 Å². The van der Waals surface area contributed by atoms with Gasteiger partial charge in [0.25, 0.3) is 0 Å². The Morgan fingerprint density at radius 3 is 2.33 bits per heavy atom. The lowest BCUT2D eigenvalue weighted by molar-refractivity contribution is -0.0282. The molecule has 3 nitrogen and oxygen atoms in total. The maximum absolute atomic E-state index is 10.6. The van der Waals surface area contributed by atoms with Gasteiger partial charge in [-0.15, -0.1) is 0 Å². The van der Waals surface area contributed by atoms with E-state index in [9.17, 15) is 5.11 Å². The fourth-order valence-corrected chi connectivity index (χ4v) is 3.16. The third-order valence-corrected chi connectivity index (χ3v) is 4.21. The highest BCUT2D eigenvalue weighted by Crippen LogP contribution is 2.41. The van der Waals surface area contributed by atoms with Crippen molar-refractivity contribution in [1.82, 2.24) is 0 Å². The highest BCUT2D eigenvalue weighted by Gasteiger charge is 2.43. The molecule has 0 bridgehead atoms. The van der Waals surface area contributed by atoms with Crippen LogP contribution in [0.5, 0.6) is 0 Å². The summed E-state index contributed by atoms with van der Waals surface area (Å²) in [6.07, 6.45) is 1.32. The van der Waals surface area contributed by atoms with Gasteiger partial charge in [-0.1, -0.05) is 31.2 Å². The molecule has 1 aromatic rings. The monoisotopic (exact) mass is 249 g/mol. The van der Waals surface area contributed by atoms with Crippen LogP contribution in [0.3, 0.4) is 0 Å². The standard InChI is InChI=1S/C15H23NO2/c1-11(9-18-2)14(17)15(10-16)7-12-5-3-4-6-13(12)8-15/h3-6,11,14,17H,7-10,16H2,1-2H3. The summed E-state index contributed by atoms with van der Waals surface area (Å²) in [4.78, 5) is 0. The first kappa shape index (κ1) is 13.5. The molecule has 0 saturated carbocycles. The highest BCUT2D eigenvalue weighted by molar-refractivity contribution is 5.35. The molecule has 1 aliphatic carbocycles. The highest BCUT2D eigenvalue weighted by atomic mass is 16.5. The third-order valence-electron chi connectivity index (χ3n) is 4.21. The maximum atomic E-state index is 10.6. The van der Waals surface area contributed by atoms with Crippen molar-refractivity contribution in [2.45, 2.75) is 25.9 Å². The van der Waals surface area contributed by atoms with Crippen LogP contribution in [0.4, 0.5) is 0 Å². The van der Waals surface area contributed by atoms with Crippen molar-refractivity contribution in [3.8, 4) is 0 Å². The summed E-state index contributed by atoms with van der Waals surface area (Å²) in [7, 11) is 1.67. The van der Waals surface area contributed by atoms with Crippen LogP contribution in [-0.4, -0.2) is 31.5 Å². The number of aliphatic hydroxyl groups is 1. The molecule has 0 aromatic heterocycles. The van der Waals surface area contributed by atoms with Gasteiger partial charge in [-0.05, 0) is 24.0 Å². The quantitative estimate of drug-likeness (QED) is 0.829. The van der Waals surface area contributed by atoms with Gasteiger partial charge in [-0.25, -0.2) is 0 Å². The number of fused-ring (bicyclic) bond motifs is 1. The molecule has 0 radical (unpaired) electrons. The van der Waals surface area contributed by atoms with Gasteiger partial charge >= 0.3 is 0 Å². The van der Waals surface area contributed by atoms with Gasteiger partial charge in [0.1, 0.15) is 0 Å².